The van der Waals surface area contributed by atoms with E-state index in [-0.39, 0.29) is 50.0 Å². The van der Waals surface area contributed by atoms with Crippen LogP contribution in [-0.2, 0) is 63.9 Å². The van der Waals surface area contributed by atoms with E-state index in [4.69, 9.17) is 16.2 Å². The lowest BCUT2D eigenvalue weighted by molar-refractivity contribution is -0.157. The van der Waals surface area contributed by atoms with E-state index in [1.807, 2.05) is 51.1 Å². The minimum absolute atomic E-state index is 0.0197. The number of hydrogen-bond acceptors (Lipinski definition) is 15. The van der Waals surface area contributed by atoms with Crippen LogP contribution in [0.5, 0.6) is 0 Å². The van der Waals surface area contributed by atoms with Gasteiger partial charge in [0, 0.05) is 50.0 Å². The highest BCUT2D eigenvalue weighted by Crippen LogP contribution is 2.48. The molecule has 2 fully saturated rings. The first-order chi connectivity index (χ1) is 42.0. The molecule has 89 heavy (non-hydrogen) atoms. The number of ether oxygens (including phenoxy) is 1. The smallest absolute Gasteiger partial charge is 0.329 e. The Morgan fingerprint density at radius 2 is 1.27 bits per heavy atom. The zero-order valence-corrected chi connectivity index (χ0v) is 54.5. The summed E-state index contributed by atoms with van der Waals surface area (Å²) in [5.41, 5.74) is 10.6. The number of cyclic esters (lactones) is 1. The van der Waals surface area contributed by atoms with Gasteiger partial charge in [0.15, 0.2) is 29.1 Å². The summed E-state index contributed by atoms with van der Waals surface area (Å²) in [5.74, 6) is -15.8. The van der Waals surface area contributed by atoms with Gasteiger partial charge in [0.1, 0.15) is 23.7 Å². The van der Waals surface area contributed by atoms with Crippen molar-refractivity contribution in [2.75, 3.05) is 19.8 Å². The first-order valence-electron chi connectivity index (χ1n) is 32.1. The molecule has 1 aliphatic heterocycles. The molecule has 18 atom stereocenters. The average molecular weight is 1250 g/mol. The quantitative estimate of drug-likeness (QED) is 0.0198. The molecule has 0 radical (unpaired) electrons. The van der Waals surface area contributed by atoms with Crippen LogP contribution in [0.15, 0.2) is 35.3 Å². The van der Waals surface area contributed by atoms with Crippen molar-refractivity contribution in [2.45, 2.75) is 221 Å². The SMILES string of the molecule is CC[C@H](Cc1ccccc1)C(=O)N[C@H](C(=O)C[C@@H](CO)C(=O)N[C@H](CCCN=C(N)N)C(=O)C[C@@H](C(=O)N[C@H](C(=O)C[C@@H](CO)C(=O)N[C@H]1C(=O)C[C@@H](C)C(=O)NC2(CC2CC(C)F)C(=O)N[C@@H]([C@@H](C)CC)C(=O)O[C@H]1C)[C@@H](C)CC)[C@@H](C)CC)[C@@H](C)CC. The standard InChI is InChI=1S/C65H104FN9O14/c1-13-35(6)47(31-49(78)48(24-21-25-69-64(67)68)70-59(84)44(33-76)29-51(80)53(36(7)14-2)71-58(83)43(17-5)28-42-22-19-18-20-23-42)61(86)72-54(37(8)15-3)52(81)30-45(34-77)60(85)73-56-41(12)89-62(87)55(38(9)16-4)74-63(88)65(32-46(65)27-40(11)66)75-57(82)39(10)26-50(56)79/h18-20,22-23,35-41,43-48,53-56,76-77H,13-17,21,24-34H2,1-12H3,(H,70,84)(H,71,83)(H,72,86)(H,73,85)(H,74,88)(H,75,82)(H4,67,68,69)/t35-,36-,37-,38-,39+,40?,41-,43+,44-,45-,46?,47+,48+,53-,54-,55-,56+,65?/m0/s1. The summed E-state index contributed by atoms with van der Waals surface area (Å²) >= 11 is 0. The second kappa shape index (κ2) is 36.8. The van der Waals surface area contributed by atoms with E-state index in [0.29, 0.717) is 38.5 Å². The normalized spacial score (nSPS) is 23.7. The third-order valence-corrected chi connectivity index (χ3v) is 18.3. The van der Waals surface area contributed by atoms with Gasteiger partial charge in [-0.15, -0.1) is 0 Å². The van der Waals surface area contributed by atoms with Crippen LogP contribution in [0.25, 0.3) is 0 Å². The summed E-state index contributed by atoms with van der Waals surface area (Å²) in [5, 5.41) is 37.7. The molecule has 1 saturated heterocycles. The van der Waals surface area contributed by atoms with Crippen LogP contribution in [-0.4, -0.2) is 149 Å². The Morgan fingerprint density at radius 1 is 0.719 bits per heavy atom. The van der Waals surface area contributed by atoms with Crippen molar-refractivity contribution in [3.63, 3.8) is 0 Å². The number of guanidine groups is 1. The Labute approximate surface area is 524 Å². The van der Waals surface area contributed by atoms with Gasteiger partial charge in [0.05, 0.1) is 49.3 Å². The van der Waals surface area contributed by atoms with Gasteiger partial charge in [-0.2, -0.15) is 0 Å². The van der Waals surface area contributed by atoms with Crippen LogP contribution < -0.4 is 43.4 Å². The van der Waals surface area contributed by atoms with E-state index in [9.17, 15) is 67.3 Å². The van der Waals surface area contributed by atoms with Gasteiger partial charge in [-0.25, -0.2) is 9.18 Å². The van der Waals surface area contributed by atoms with E-state index >= 15 is 0 Å². The number of halogens is 1. The molecule has 1 heterocycles. The number of aliphatic hydroxyl groups is 2. The predicted molar refractivity (Wildman–Crippen MR) is 333 cm³/mol. The highest BCUT2D eigenvalue weighted by molar-refractivity contribution is 6.01. The van der Waals surface area contributed by atoms with Gasteiger partial charge in [-0.3, -0.25) is 52.9 Å². The number of carbonyl (C=O) groups is 11. The third-order valence-electron chi connectivity index (χ3n) is 18.3. The zero-order chi connectivity index (χ0) is 67.0. The molecule has 1 aliphatic carbocycles. The number of Topliss-reactive ketones (excluding diaryl/α,β-unsaturated/α-hetero) is 4. The zero-order valence-electron chi connectivity index (χ0n) is 54.5. The molecule has 0 bridgehead atoms. The Morgan fingerprint density at radius 3 is 1.79 bits per heavy atom. The number of nitrogens with one attached hydrogen (secondary N) is 6. The van der Waals surface area contributed by atoms with Crippen LogP contribution in [0.1, 0.15) is 172 Å². The number of esters is 1. The maximum absolute atomic E-state index is 14.6. The van der Waals surface area contributed by atoms with E-state index in [1.54, 1.807) is 41.5 Å². The Kier molecular flexibility index (Phi) is 31.7. The van der Waals surface area contributed by atoms with Gasteiger partial charge in [0.2, 0.25) is 35.4 Å². The topological polar surface area (TPSA) is 374 Å². The first-order valence-corrected chi connectivity index (χ1v) is 32.1. The second-order valence-electron chi connectivity index (χ2n) is 25.2. The molecule has 3 rings (SSSR count). The van der Waals surface area contributed by atoms with Crippen molar-refractivity contribution >= 4 is 70.5 Å². The lowest BCUT2D eigenvalue weighted by atomic mass is 9.83. The lowest BCUT2D eigenvalue weighted by Gasteiger charge is -2.30. The van der Waals surface area contributed by atoms with Gasteiger partial charge in [-0.05, 0) is 87.5 Å². The highest BCUT2D eigenvalue weighted by Gasteiger charge is 2.62. The number of alkyl halides is 1. The van der Waals surface area contributed by atoms with Crippen molar-refractivity contribution in [3.05, 3.63) is 35.9 Å². The van der Waals surface area contributed by atoms with E-state index in [1.165, 1.54) is 20.8 Å². The highest BCUT2D eigenvalue weighted by atomic mass is 19.1. The number of aliphatic imine (C=N–C) groups is 1. The van der Waals surface area contributed by atoms with Gasteiger partial charge >= 0.3 is 5.97 Å². The fourth-order valence-electron chi connectivity index (χ4n) is 11.3. The lowest BCUT2D eigenvalue weighted by Crippen LogP contribution is -2.57. The van der Waals surface area contributed by atoms with Crippen molar-refractivity contribution < 1.29 is 72.1 Å². The maximum Gasteiger partial charge on any atom is 0.329 e. The summed E-state index contributed by atoms with van der Waals surface area (Å²) < 4.78 is 20.0. The number of hydrogen-bond donors (Lipinski definition) is 10. The maximum atomic E-state index is 14.6. The third kappa shape index (κ3) is 22.6. The van der Waals surface area contributed by atoms with E-state index < -0.39 is 199 Å². The van der Waals surface area contributed by atoms with E-state index in [0.717, 1.165) is 5.56 Å². The number of ketones is 4. The van der Waals surface area contributed by atoms with Gasteiger partial charge < -0.3 is 58.3 Å². The van der Waals surface area contributed by atoms with Crippen molar-refractivity contribution in [1.29, 1.82) is 0 Å². The summed E-state index contributed by atoms with van der Waals surface area (Å²) in [6.45, 7) is 18.5. The molecular weight excluding hydrogens is 1150 g/mol. The molecule has 2 aliphatic rings. The molecule has 0 aromatic heterocycles. The average Bonchev–Trinajstić information content (AvgIpc) is 1.92. The van der Waals surface area contributed by atoms with Crippen LogP contribution in [0.3, 0.4) is 0 Å². The van der Waals surface area contributed by atoms with Crippen molar-refractivity contribution in [3.8, 4) is 0 Å². The fraction of sp³-hybridized carbons (Fsp3) is 0.723. The number of rotatable bonds is 36. The number of amides is 6. The summed E-state index contributed by atoms with van der Waals surface area (Å²) in [4.78, 5) is 159. The molecule has 1 saturated carbocycles. The molecule has 12 N–H and O–H groups in total. The number of nitrogens with zero attached hydrogens (tertiary/aromatic N) is 1. The summed E-state index contributed by atoms with van der Waals surface area (Å²) in [6, 6.07) is 3.07. The number of aliphatic hydroxyl groups excluding tert-OH is 2. The minimum atomic E-state index is -1.61. The predicted octanol–water partition coefficient (Wildman–Crippen LogP) is 3.79. The molecule has 23 nitrogen and oxygen atoms in total. The second-order valence-corrected chi connectivity index (χ2v) is 25.2. The number of benzene rings is 1. The van der Waals surface area contributed by atoms with Crippen LogP contribution >= 0.6 is 0 Å². The number of carbonyl (C=O) groups excluding carboxylic acids is 11. The monoisotopic (exact) mass is 1250 g/mol. The summed E-state index contributed by atoms with van der Waals surface area (Å²) in [6.07, 6.45) is -1.97. The Hall–Kier alpha value is -6.69. The van der Waals surface area contributed by atoms with Crippen LogP contribution in [0.4, 0.5) is 4.39 Å². The fourth-order valence-corrected chi connectivity index (χ4v) is 11.3. The molecular formula is C65H104FN9O14. The molecule has 6 amide bonds. The van der Waals surface area contributed by atoms with Crippen molar-refractivity contribution in [1.82, 2.24) is 31.9 Å². The van der Waals surface area contributed by atoms with Gasteiger partial charge in [0.25, 0.3) is 0 Å². The van der Waals surface area contributed by atoms with Gasteiger partial charge in [-0.1, -0.05) is 125 Å². The molecule has 1 aromatic rings. The number of nitrogens with two attached hydrogens (primary N) is 2. The molecule has 3 unspecified atom stereocenters. The van der Waals surface area contributed by atoms with Crippen LogP contribution in [0, 0.1) is 59.2 Å². The minimum Gasteiger partial charge on any atom is -0.458 e. The molecule has 1 spiro atoms. The summed E-state index contributed by atoms with van der Waals surface area (Å²) in [7, 11) is 0. The first kappa shape index (κ1) is 76.6. The van der Waals surface area contributed by atoms with Crippen LogP contribution in [0.2, 0.25) is 0 Å². The Bertz CT molecular complexity index is 2600. The molecule has 1 aromatic carbocycles. The molecule has 24 heteroatoms. The van der Waals surface area contributed by atoms with Crippen molar-refractivity contribution in [2.24, 2.45) is 75.6 Å². The molecule has 500 valence electrons. The largest absolute Gasteiger partial charge is 0.458 e. The van der Waals surface area contributed by atoms with E-state index in [2.05, 4.69) is 36.9 Å². The Balaban J connectivity index is 1.88.